The Morgan fingerprint density at radius 2 is 2.17 bits per heavy atom. The molecule has 0 radical (unpaired) electrons. The van der Waals surface area contributed by atoms with E-state index in [4.69, 9.17) is 16.0 Å². The summed E-state index contributed by atoms with van der Waals surface area (Å²) in [6, 6.07) is 7.90. The fourth-order valence-corrected chi connectivity index (χ4v) is 2.05. The molecule has 2 nitrogen and oxygen atoms in total. The molecule has 1 aromatic heterocycles. The molecule has 0 bridgehead atoms. The molecule has 4 heteroatoms. The van der Waals surface area contributed by atoms with Crippen LogP contribution in [0.1, 0.15) is 17.7 Å². The molecule has 0 saturated carbocycles. The first kappa shape index (κ1) is 13.1. The van der Waals surface area contributed by atoms with Crippen LogP contribution in [0.3, 0.4) is 0 Å². The number of rotatable bonds is 5. The maximum atomic E-state index is 12.9. The summed E-state index contributed by atoms with van der Waals surface area (Å²) in [4.78, 5) is 0. The van der Waals surface area contributed by atoms with Crippen molar-refractivity contribution in [3.8, 4) is 0 Å². The van der Waals surface area contributed by atoms with Crippen molar-refractivity contribution in [3.05, 3.63) is 58.8 Å². The van der Waals surface area contributed by atoms with E-state index in [2.05, 4.69) is 0 Å². The van der Waals surface area contributed by atoms with E-state index in [1.165, 1.54) is 12.1 Å². The van der Waals surface area contributed by atoms with Gasteiger partial charge >= 0.3 is 0 Å². The highest BCUT2D eigenvalue weighted by atomic mass is 35.5. The molecule has 1 heterocycles. The molecular weight excluding hydrogens is 255 g/mol. The second-order valence-corrected chi connectivity index (χ2v) is 4.62. The maximum Gasteiger partial charge on any atom is 0.124 e. The van der Waals surface area contributed by atoms with Crippen LogP contribution < -0.4 is 0 Å². The van der Waals surface area contributed by atoms with Crippen molar-refractivity contribution in [2.24, 2.45) is 0 Å². The molecule has 1 atom stereocenters. The molecule has 0 aliphatic carbocycles. The fourth-order valence-electron chi connectivity index (χ4n) is 1.81. The Morgan fingerprint density at radius 3 is 2.83 bits per heavy atom. The van der Waals surface area contributed by atoms with Crippen molar-refractivity contribution in [3.63, 3.8) is 0 Å². The Hall–Kier alpha value is -1.32. The van der Waals surface area contributed by atoms with Crippen LogP contribution in [0.2, 0.25) is 5.02 Å². The number of aliphatic hydroxyl groups is 1. The molecular formula is C14H14ClFO2. The minimum atomic E-state index is -0.516. The topological polar surface area (TPSA) is 33.4 Å². The van der Waals surface area contributed by atoms with Gasteiger partial charge in [0, 0.05) is 11.4 Å². The van der Waals surface area contributed by atoms with E-state index in [-0.39, 0.29) is 5.82 Å². The number of benzene rings is 1. The lowest BCUT2D eigenvalue weighted by atomic mass is 10.0. The first-order valence-electron chi connectivity index (χ1n) is 5.79. The average molecular weight is 269 g/mol. The van der Waals surface area contributed by atoms with Gasteiger partial charge in [0.25, 0.3) is 0 Å². The lowest BCUT2D eigenvalue weighted by Crippen LogP contribution is -2.11. The van der Waals surface area contributed by atoms with Crippen molar-refractivity contribution < 1.29 is 13.9 Å². The van der Waals surface area contributed by atoms with Gasteiger partial charge in [-0.3, -0.25) is 0 Å². The van der Waals surface area contributed by atoms with E-state index >= 15 is 0 Å². The first-order chi connectivity index (χ1) is 8.65. The van der Waals surface area contributed by atoms with E-state index in [1.807, 2.05) is 12.1 Å². The third kappa shape index (κ3) is 3.59. The van der Waals surface area contributed by atoms with Gasteiger partial charge < -0.3 is 9.52 Å². The number of hydrogen-bond acceptors (Lipinski definition) is 2. The number of halogens is 2. The van der Waals surface area contributed by atoms with Gasteiger partial charge in [-0.05, 0) is 42.7 Å². The predicted molar refractivity (Wildman–Crippen MR) is 68.1 cm³/mol. The molecule has 2 rings (SSSR count). The Morgan fingerprint density at radius 1 is 1.33 bits per heavy atom. The Labute approximate surface area is 110 Å². The molecule has 0 saturated heterocycles. The van der Waals surface area contributed by atoms with Gasteiger partial charge in [0.05, 0.1) is 12.4 Å². The summed E-state index contributed by atoms with van der Waals surface area (Å²) in [7, 11) is 0. The third-order valence-corrected chi connectivity index (χ3v) is 3.13. The van der Waals surface area contributed by atoms with Gasteiger partial charge in [-0.15, -0.1) is 0 Å². The maximum absolute atomic E-state index is 12.9. The molecule has 0 aliphatic rings. The van der Waals surface area contributed by atoms with E-state index in [1.54, 1.807) is 12.3 Å². The minimum Gasteiger partial charge on any atom is -0.469 e. The van der Waals surface area contributed by atoms with Crippen LogP contribution in [0, 0.1) is 5.82 Å². The highest BCUT2D eigenvalue weighted by Crippen LogP contribution is 2.20. The van der Waals surface area contributed by atoms with Crippen molar-refractivity contribution in [2.75, 3.05) is 0 Å². The van der Waals surface area contributed by atoms with Gasteiger partial charge in [-0.2, -0.15) is 0 Å². The molecule has 0 fully saturated rings. The summed E-state index contributed by atoms with van der Waals surface area (Å²) in [5, 5.41) is 10.3. The highest BCUT2D eigenvalue weighted by molar-refractivity contribution is 6.31. The monoisotopic (exact) mass is 268 g/mol. The summed E-state index contributed by atoms with van der Waals surface area (Å²) in [6.07, 6.45) is 2.77. The molecule has 2 aromatic rings. The summed E-state index contributed by atoms with van der Waals surface area (Å²) in [5.74, 6) is 0.480. The average Bonchev–Trinajstić information content (AvgIpc) is 2.83. The lowest BCUT2D eigenvalue weighted by molar-refractivity contribution is 0.163. The van der Waals surface area contributed by atoms with Crippen LogP contribution in [-0.2, 0) is 12.8 Å². The zero-order valence-electron chi connectivity index (χ0n) is 9.77. The molecule has 1 unspecified atom stereocenters. The predicted octanol–water partition coefficient (Wildman–Crippen LogP) is 3.61. The number of aryl methyl sites for hydroxylation is 1. The van der Waals surface area contributed by atoms with Crippen LogP contribution in [0.4, 0.5) is 4.39 Å². The molecule has 0 spiro atoms. The zero-order valence-corrected chi connectivity index (χ0v) is 10.5. The second-order valence-electron chi connectivity index (χ2n) is 4.21. The van der Waals surface area contributed by atoms with Gasteiger partial charge in [0.2, 0.25) is 0 Å². The van der Waals surface area contributed by atoms with E-state index in [0.717, 1.165) is 11.3 Å². The van der Waals surface area contributed by atoms with Gasteiger partial charge in [-0.1, -0.05) is 17.7 Å². The van der Waals surface area contributed by atoms with Crippen LogP contribution >= 0.6 is 11.6 Å². The van der Waals surface area contributed by atoms with Crippen LogP contribution in [0.15, 0.2) is 41.0 Å². The molecule has 0 amide bonds. The fraction of sp³-hybridized carbons (Fsp3) is 0.286. The number of hydrogen-bond donors (Lipinski definition) is 1. The van der Waals surface area contributed by atoms with Crippen molar-refractivity contribution in [1.29, 1.82) is 0 Å². The van der Waals surface area contributed by atoms with E-state index in [9.17, 15) is 9.50 Å². The summed E-state index contributed by atoms with van der Waals surface area (Å²) in [5.41, 5.74) is 0.755. The highest BCUT2D eigenvalue weighted by Gasteiger charge is 2.10. The Kier molecular flexibility index (Phi) is 4.39. The third-order valence-electron chi connectivity index (χ3n) is 2.77. The van der Waals surface area contributed by atoms with Crippen LogP contribution in [0.5, 0.6) is 0 Å². The lowest BCUT2D eigenvalue weighted by Gasteiger charge is -2.11. The second kappa shape index (κ2) is 6.03. The minimum absolute atomic E-state index is 0.354. The van der Waals surface area contributed by atoms with Gasteiger partial charge in [0.1, 0.15) is 11.6 Å². The standard InChI is InChI=1S/C14H14ClFO2/c15-14-9-11(16)4-3-10(14)8-12(17)5-6-13-2-1-7-18-13/h1-4,7,9,12,17H,5-6,8H2. The zero-order chi connectivity index (χ0) is 13.0. The first-order valence-corrected chi connectivity index (χ1v) is 6.17. The largest absolute Gasteiger partial charge is 0.469 e. The molecule has 1 N–H and O–H groups in total. The molecule has 18 heavy (non-hydrogen) atoms. The summed E-state index contributed by atoms with van der Waals surface area (Å²) in [6.45, 7) is 0. The Bertz CT molecular complexity index is 497. The van der Waals surface area contributed by atoms with Crippen LogP contribution in [-0.4, -0.2) is 11.2 Å². The summed E-state index contributed by atoms with van der Waals surface area (Å²) < 4.78 is 18.0. The number of aliphatic hydroxyl groups excluding tert-OH is 1. The van der Waals surface area contributed by atoms with Gasteiger partial charge in [-0.25, -0.2) is 4.39 Å². The van der Waals surface area contributed by atoms with Crippen molar-refractivity contribution >= 4 is 11.6 Å². The van der Waals surface area contributed by atoms with Crippen LogP contribution in [0.25, 0.3) is 0 Å². The Balaban J connectivity index is 1.88. The van der Waals surface area contributed by atoms with Crippen molar-refractivity contribution in [2.45, 2.75) is 25.4 Å². The quantitative estimate of drug-likeness (QED) is 0.899. The van der Waals surface area contributed by atoms with E-state index in [0.29, 0.717) is 24.3 Å². The SMILES string of the molecule is OC(CCc1ccco1)Cc1ccc(F)cc1Cl. The van der Waals surface area contributed by atoms with Gasteiger partial charge in [0.15, 0.2) is 0 Å². The summed E-state index contributed by atoms with van der Waals surface area (Å²) >= 11 is 5.90. The molecule has 0 aliphatic heterocycles. The van der Waals surface area contributed by atoms with E-state index < -0.39 is 6.10 Å². The molecule has 96 valence electrons. The smallest absolute Gasteiger partial charge is 0.124 e. The normalized spacial score (nSPS) is 12.6. The van der Waals surface area contributed by atoms with Crippen molar-refractivity contribution in [1.82, 2.24) is 0 Å². The molecule has 1 aromatic carbocycles. The number of furan rings is 1.